The van der Waals surface area contributed by atoms with Gasteiger partial charge in [-0.05, 0) is 30.2 Å². The molecule has 0 bridgehead atoms. The average Bonchev–Trinajstić information content (AvgIpc) is 2.87. The summed E-state index contributed by atoms with van der Waals surface area (Å²) in [5.41, 5.74) is 6.74. The molecule has 2 rings (SSSR count). The highest BCUT2D eigenvalue weighted by Gasteiger charge is 2.33. The molecule has 0 aliphatic heterocycles. The molecule has 0 heterocycles. The average molecular weight is 517 g/mol. The van der Waals surface area contributed by atoms with Crippen LogP contribution in [-0.2, 0) is 32.0 Å². The van der Waals surface area contributed by atoms with Gasteiger partial charge in [-0.2, -0.15) is 0 Å². The summed E-state index contributed by atoms with van der Waals surface area (Å²) in [5.74, 6) is -3.93. The van der Waals surface area contributed by atoms with E-state index in [1.54, 1.807) is 30.3 Å². The number of nitrogens with two attached hydrogens (primary N) is 1. The van der Waals surface area contributed by atoms with Crippen molar-refractivity contribution in [3.05, 3.63) is 65.7 Å². The van der Waals surface area contributed by atoms with Gasteiger partial charge in [-0.15, -0.1) is 0 Å². The van der Waals surface area contributed by atoms with E-state index < -0.39 is 60.6 Å². The second-order valence-electron chi connectivity index (χ2n) is 8.54. The largest absolute Gasteiger partial charge is 0.508 e. The number of phenols is 1. The number of carbonyl (C=O) groups is 4. The highest BCUT2D eigenvalue weighted by molar-refractivity contribution is 5.94. The Balaban J connectivity index is 2.19. The number of phenolic OH excluding ortho intramolecular Hbond substituents is 1. The number of amides is 3. The molecular weight excluding hydrogens is 484 g/mol. The quantitative estimate of drug-likeness (QED) is 0.154. The summed E-state index contributed by atoms with van der Waals surface area (Å²) in [4.78, 5) is 50.0. The first-order valence-electron chi connectivity index (χ1n) is 11.5. The van der Waals surface area contributed by atoms with E-state index >= 15 is 0 Å². The van der Waals surface area contributed by atoms with E-state index in [4.69, 9.17) is 10.8 Å². The Kier molecular flexibility index (Phi) is 11.0. The van der Waals surface area contributed by atoms with Crippen molar-refractivity contribution in [2.24, 2.45) is 5.73 Å². The van der Waals surface area contributed by atoms with E-state index in [1.807, 2.05) is 0 Å². The molecule has 12 heteroatoms. The van der Waals surface area contributed by atoms with Crippen molar-refractivity contribution in [3.8, 4) is 5.75 Å². The number of carboxylic acids is 1. The van der Waals surface area contributed by atoms with E-state index in [1.165, 1.54) is 31.2 Å². The van der Waals surface area contributed by atoms with Gasteiger partial charge in [-0.3, -0.25) is 14.4 Å². The maximum atomic E-state index is 13.1. The van der Waals surface area contributed by atoms with Crippen molar-refractivity contribution in [2.45, 2.75) is 50.0 Å². The maximum Gasteiger partial charge on any atom is 0.326 e. The molecule has 2 aromatic carbocycles. The van der Waals surface area contributed by atoms with Crippen molar-refractivity contribution in [3.63, 3.8) is 0 Å². The van der Waals surface area contributed by atoms with Crippen molar-refractivity contribution >= 4 is 23.7 Å². The summed E-state index contributed by atoms with van der Waals surface area (Å²) in [7, 11) is 0. The Morgan fingerprint density at radius 2 is 1.35 bits per heavy atom. The molecular formula is C25H32N4O8. The highest BCUT2D eigenvalue weighted by Crippen LogP contribution is 2.12. The zero-order valence-electron chi connectivity index (χ0n) is 20.2. The first-order valence-corrected chi connectivity index (χ1v) is 11.5. The first-order chi connectivity index (χ1) is 17.5. The molecule has 0 saturated heterocycles. The highest BCUT2D eigenvalue weighted by atomic mass is 16.4. The standard InChI is InChI=1S/C25H32N4O8/c1-14(31)21(24(35)28-20(25(36)37)12-15-5-3-2-4-6-15)29-23(34)19(27-22(33)18(26)13-30)11-16-7-9-17(32)10-8-16/h2-10,14,18-21,30-32H,11-13,26H2,1H3,(H,27,33)(H,28,35)(H,29,34)(H,36,37). The van der Waals surface area contributed by atoms with Crippen LogP contribution in [0.4, 0.5) is 0 Å². The number of aliphatic hydroxyl groups is 2. The predicted octanol–water partition coefficient (Wildman–Crippen LogP) is -1.58. The van der Waals surface area contributed by atoms with Crippen LogP contribution in [0.2, 0.25) is 0 Å². The third kappa shape index (κ3) is 9.18. The number of aromatic hydroxyl groups is 1. The van der Waals surface area contributed by atoms with Crippen LogP contribution in [0, 0.1) is 0 Å². The number of benzene rings is 2. The van der Waals surface area contributed by atoms with Gasteiger partial charge < -0.3 is 42.1 Å². The molecule has 5 atom stereocenters. The van der Waals surface area contributed by atoms with Crippen LogP contribution in [-0.4, -0.2) is 81.0 Å². The number of aliphatic carboxylic acids is 1. The smallest absolute Gasteiger partial charge is 0.326 e. The van der Waals surface area contributed by atoms with Gasteiger partial charge in [0.05, 0.1) is 12.7 Å². The minimum absolute atomic E-state index is 0.00887. The lowest BCUT2D eigenvalue weighted by molar-refractivity contribution is -0.143. The molecule has 5 unspecified atom stereocenters. The predicted molar refractivity (Wildman–Crippen MR) is 132 cm³/mol. The molecule has 0 saturated carbocycles. The topological polar surface area (TPSA) is 211 Å². The van der Waals surface area contributed by atoms with E-state index in [-0.39, 0.29) is 18.6 Å². The molecule has 0 aliphatic carbocycles. The van der Waals surface area contributed by atoms with Crippen molar-refractivity contribution in [2.75, 3.05) is 6.61 Å². The molecule has 0 radical (unpaired) electrons. The second-order valence-corrected chi connectivity index (χ2v) is 8.54. The van der Waals surface area contributed by atoms with Gasteiger partial charge in [0.25, 0.3) is 0 Å². The number of hydrogen-bond acceptors (Lipinski definition) is 8. The van der Waals surface area contributed by atoms with Crippen molar-refractivity contribution in [1.29, 1.82) is 0 Å². The van der Waals surface area contributed by atoms with E-state index in [0.717, 1.165) is 0 Å². The summed E-state index contributed by atoms with van der Waals surface area (Å²) < 4.78 is 0. The van der Waals surface area contributed by atoms with Crippen LogP contribution in [0.3, 0.4) is 0 Å². The lowest BCUT2D eigenvalue weighted by Crippen LogP contribution is -2.60. The first kappa shape index (κ1) is 29.2. The van der Waals surface area contributed by atoms with Gasteiger partial charge >= 0.3 is 5.97 Å². The van der Waals surface area contributed by atoms with Gasteiger partial charge in [0.1, 0.15) is 29.9 Å². The molecule has 0 aromatic heterocycles. The summed E-state index contributed by atoms with van der Waals surface area (Å²) in [5, 5.41) is 45.5. The number of rotatable bonds is 13. The van der Waals surface area contributed by atoms with Crippen molar-refractivity contribution < 1.29 is 39.6 Å². The zero-order chi connectivity index (χ0) is 27.5. The molecule has 3 amide bonds. The summed E-state index contributed by atoms with van der Waals surface area (Å²) in [6.45, 7) is 0.572. The van der Waals surface area contributed by atoms with Gasteiger partial charge in [0.15, 0.2) is 0 Å². The Morgan fingerprint density at radius 3 is 1.89 bits per heavy atom. The fraction of sp³-hybridized carbons (Fsp3) is 0.360. The maximum absolute atomic E-state index is 13.1. The van der Waals surface area contributed by atoms with Gasteiger partial charge in [-0.1, -0.05) is 42.5 Å². The Bertz CT molecular complexity index is 1060. The van der Waals surface area contributed by atoms with Gasteiger partial charge in [0, 0.05) is 12.8 Å². The lowest BCUT2D eigenvalue weighted by Gasteiger charge is -2.26. The molecule has 200 valence electrons. The monoisotopic (exact) mass is 516 g/mol. The Hall–Kier alpha value is -4.00. The van der Waals surface area contributed by atoms with Crippen LogP contribution < -0.4 is 21.7 Å². The molecule has 0 fully saturated rings. The van der Waals surface area contributed by atoms with E-state index in [2.05, 4.69) is 16.0 Å². The van der Waals surface area contributed by atoms with Crippen LogP contribution >= 0.6 is 0 Å². The van der Waals surface area contributed by atoms with E-state index in [0.29, 0.717) is 11.1 Å². The van der Waals surface area contributed by atoms with E-state index in [9.17, 15) is 34.5 Å². The van der Waals surface area contributed by atoms with Crippen LogP contribution in [0.5, 0.6) is 5.75 Å². The fourth-order valence-corrected chi connectivity index (χ4v) is 3.41. The summed E-state index contributed by atoms with van der Waals surface area (Å²) in [6, 6.07) is 8.96. The van der Waals surface area contributed by atoms with Crippen LogP contribution in [0.25, 0.3) is 0 Å². The third-order valence-electron chi connectivity index (χ3n) is 5.50. The molecule has 12 nitrogen and oxygen atoms in total. The molecule has 37 heavy (non-hydrogen) atoms. The molecule has 9 N–H and O–H groups in total. The van der Waals surface area contributed by atoms with Crippen molar-refractivity contribution in [1.82, 2.24) is 16.0 Å². The second kappa shape index (κ2) is 13.9. The normalized spacial score (nSPS) is 14.9. The zero-order valence-corrected chi connectivity index (χ0v) is 20.2. The molecule has 0 aliphatic rings. The molecule has 2 aromatic rings. The fourth-order valence-electron chi connectivity index (χ4n) is 3.41. The lowest BCUT2D eigenvalue weighted by atomic mass is 10.0. The summed E-state index contributed by atoms with van der Waals surface area (Å²) >= 11 is 0. The number of aliphatic hydroxyl groups excluding tert-OH is 2. The SMILES string of the molecule is CC(O)C(NC(=O)C(Cc1ccc(O)cc1)NC(=O)C(N)CO)C(=O)NC(Cc1ccccc1)C(=O)O. The van der Waals surface area contributed by atoms with Crippen LogP contribution in [0.1, 0.15) is 18.1 Å². The Labute approximate surface area is 213 Å². The number of nitrogens with one attached hydrogen (secondary N) is 3. The van der Waals surface area contributed by atoms with Gasteiger partial charge in [-0.25, -0.2) is 4.79 Å². The number of carboxylic acid groups (broad SMARTS) is 1. The van der Waals surface area contributed by atoms with Crippen LogP contribution in [0.15, 0.2) is 54.6 Å². The molecule has 0 spiro atoms. The number of carbonyl (C=O) groups excluding carboxylic acids is 3. The Morgan fingerprint density at radius 1 is 0.811 bits per heavy atom. The van der Waals surface area contributed by atoms with Gasteiger partial charge in [0.2, 0.25) is 17.7 Å². The third-order valence-corrected chi connectivity index (χ3v) is 5.50. The minimum atomic E-state index is -1.55. The number of hydrogen-bond donors (Lipinski definition) is 8. The summed E-state index contributed by atoms with van der Waals surface area (Å²) in [6.07, 6.45) is -1.52. The minimum Gasteiger partial charge on any atom is -0.508 e.